The Kier molecular flexibility index (Phi) is 6.29. The molecule has 2 aromatic carbocycles. The first-order chi connectivity index (χ1) is 16.9. The highest BCUT2D eigenvalue weighted by molar-refractivity contribution is 5.81. The van der Waals surface area contributed by atoms with Crippen LogP contribution in [0.15, 0.2) is 60.8 Å². The lowest BCUT2D eigenvalue weighted by Gasteiger charge is -2.28. The van der Waals surface area contributed by atoms with Gasteiger partial charge < -0.3 is 15.2 Å². The number of nitrogens with zero attached hydrogens (tertiary/aromatic N) is 4. The largest absolute Gasteiger partial charge is 0.488 e. The minimum absolute atomic E-state index is 0.0458. The van der Waals surface area contributed by atoms with E-state index in [1.807, 2.05) is 30.3 Å². The number of anilines is 1. The summed E-state index contributed by atoms with van der Waals surface area (Å²) in [5.41, 5.74) is 1.27. The third-order valence-electron chi connectivity index (χ3n) is 6.18. The fourth-order valence-electron chi connectivity index (χ4n) is 4.32. The number of hydrogen-bond acceptors (Lipinski definition) is 6. The molecule has 2 unspecified atom stereocenters. The van der Waals surface area contributed by atoms with Gasteiger partial charge in [0.2, 0.25) is 5.95 Å². The molecule has 1 saturated carbocycles. The highest BCUT2D eigenvalue weighted by atomic mass is 19.4. The van der Waals surface area contributed by atoms with Crippen molar-refractivity contribution in [3.63, 3.8) is 0 Å². The monoisotopic (exact) mass is 483 g/mol. The molecule has 1 fully saturated rings. The van der Waals surface area contributed by atoms with Crippen molar-refractivity contribution in [1.82, 2.24) is 19.8 Å². The van der Waals surface area contributed by atoms with Crippen LogP contribution in [0.1, 0.15) is 36.8 Å². The number of nitrogens with one attached hydrogen (secondary N) is 1. The molecule has 2 heterocycles. The van der Waals surface area contributed by atoms with E-state index in [2.05, 4.69) is 20.6 Å². The predicted molar refractivity (Wildman–Crippen MR) is 124 cm³/mol. The van der Waals surface area contributed by atoms with E-state index in [0.717, 1.165) is 37.0 Å². The standard InChI is InChI=1S/C25H24F3N5O2/c26-25(27,28)17-10-11-18(22(14-17)35-15-16-6-2-1-3-7-16)23-20-12-13-29-33(20)24(32-31-23)30-19-8-4-5-9-21(19)34/h1-3,6-7,10-14,19,21,34H,4-5,8-9,15H2,(H,30,32). The third kappa shape index (κ3) is 4.93. The molecule has 0 saturated heterocycles. The van der Waals surface area contributed by atoms with E-state index in [4.69, 9.17) is 4.74 Å². The summed E-state index contributed by atoms with van der Waals surface area (Å²) in [4.78, 5) is 0. The van der Waals surface area contributed by atoms with Gasteiger partial charge in [0.25, 0.3) is 0 Å². The number of aliphatic hydroxyl groups is 1. The zero-order chi connectivity index (χ0) is 24.4. The van der Waals surface area contributed by atoms with Crippen molar-refractivity contribution in [2.75, 3.05) is 5.32 Å². The third-order valence-corrected chi connectivity index (χ3v) is 6.18. The summed E-state index contributed by atoms with van der Waals surface area (Å²) in [6, 6.07) is 14.1. The minimum atomic E-state index is -4.52. The smallest absolute Gasteiger partial charge is 0.416 e. The van der Waals surface area contributed by atoms with Crippen molar-refractivity contribution in [2.45, 2.75) is 50.6 Å². The van der Waals surface area contributed by atoms with E-state index in [1.54, 1.807) is 16.8 Å². The van der Waals surface area contributed by atoms with Crippen LogP contribution < -0.4 is 10.1 Å². The fourth-order valence-corrected chi connectivity index (χ4v) is 4.32. The molecule has 0 spiro atoms. The molecule has 0 radical (unpaired) electrons. The Balaban J connectivity index is 1.52. The van der Waals surface area contributed by atoms with Crippen molar-refractivity contribution in [3.05, 3.63) is 71.9 Å². The molecule has 4 aromatic rings. The van der Waals surface area contributed by atoms with E-state index in [9.17, 15) is 18.3 Å². The first-order valence-corrected chi connectivity index (χ1v) is 11.4. The molecule has 0 amide bonds. The quantitative estimate of drug-likeness (QED) is 0.397. The molecule has 182 valence electrons. The van der Waals surface area contributed by atoms with Gasteiger partial charge in [-0.15, -0.1) is 10.2 Å². The van der Waals surface area contributed by atoms with Crippen LogP contribution in [0.5, 0.6) is 5.75 Å². The van der Waals surface area contributed by atoms with Gasteiger partial charge in [0, 0.05) is 5.56 Å². The Morgan fingerprint density at radius 3 is 2.60 bits per heavy atom. The van der Waals surface area contributed by atoms with Gasteiger partial charge in [-0.25, -0.2) is 0 Å². The molecule has 2 N–H and O–H groups in total. The summed E-state index contributed by atoms with van der Waals surface area (Å²) < 4.78 is 47.8. The molecule has 2 atom stereocenters. The normalized spacial score (nSPS) is 18.5. The van der Waals surface area contributed by atoms with E-state index in [0.29, 0.717) is 29.1 Å². The van der Waals surface area contributed by atoms with Crippen molar-refractivity contribution < 1.29 is 23.0 Å². The summed E-state index contributed by atoms with van der Waals surface area (Å²) in [7, 11) is 0. The average Bonchev–Trinajstić information content (AvgIpc) is 3.35. The minimum Gasteiger partial charge on any atom is -0.488 e. The second-order valence-electron chi connectivity index (χ2n) is 8.59. The Labute approximate surface area is 199 Å². The topological polar surface area (TPSA) is 84.6 Å². The van der Waals surface area contributed by atoms with Gasteiger partial charge in [-0.2, -0.15) is 22.8 Å². The number of aromatic nitrogens is 4. The molecule has 10 heteroatoms. The molecule has 7 nitrogen and oxygen atoms in total. The van der Waals surface area contributed by atoms with Crippen LogP contribution in [0.4, 0.5) is 19.1 Å². The van der Waals surface area contributed by atoms with Crippen molar-refractivity contribution in [3.8, 4) is 17.0 Å². The molecule has 5 rings (SSSR count). The van der Waals surface area contributed by atoms with Gasteiger partial charge in [-0.1, -0.05) is 43.2 Å². The van der Waals surface area contributed by atoms with Crippen LogP contribution in [0.3, 0.4) is 0 Å². The first-order valence-electron chi connectivity index (χ1n) is 11.4. The number of benzene rings is 2. The summed E-state index contributed by atoms with van der Waals surface area (Å²) in [6.45, 7) is 0.0946. The maximum absolute atomic E-state index is 13.4. The fraction of sp³-hybridized carbons (Fsp3) is 0.320. The number of rotatable bonds is 6. The van der Waals surface area contributed by atoms with Gasteiger partial charge in [0.1, 0.15) is 18.1 Å². The molecule has 1 aliphatic carbocycles. The zero-order valence-corrected chi connectivity index (χ0v) is 18.7. The second-order valence-corrected chi connectivity index (χ2v) is 8.59. The zero-order valence-electron chi connectivity index (χ0n) is 18.7. The number of aliphatic hydroxyl groups excluding tert-OH is 1. The number of fused-ring (bicyclic) bond motifs is 1. The molecule has 1 aliphatic rings. The highest BCUT2D eigenvalue weighted by Crippen LogP contribution is 2.38. The Bertz CT molecular complexity index is 1310. The lowest BCUT2D eigenvalue weighted by atomic mass is 9.93. The van der Waals surface area contributed by atoms with Crippen LogP contribution in [-0.4, -0.2) is 37.1 Å². The summed E-state index contributed by atoms with van der Waals surface area (Å²) in [6.07, 6.45) is 0.0260. The lowest BCUT2D eigenvalue weighted by Crippen LogP contribution is -2.37. The number of hydrogen-bond donors (Lipinski definition) is 2. The van der Waals surface area contributed by atoms with Gasteiger partial charge in [0.15, 0.2) is 0 Å². The molecular formula is C25H24F3N5O2. The number of ether oxygens (including phenoxy) is 1. The predicted octanol–water partition coefficient (Wildman–Crippen LogP) is 5.10. The van der Waals surface area contributed by atoms with Crippen LogP contribution in [0.25, 0.3) is 16.8 Å². The van der Waals surface area contributed by atoms with Crippen LogP contribution in [0.2, 0.25) is 0 Å². The van der Waals surface area contributed by atoms with Crippen molar-refractivity contribution in [1.29, 1.82) is 0 Å². The molecule has 0 bridgehead atoms. The number of alkyl halides is 3. The average molecular weight is 483 g/mol. The van der Waals surface area contributed by atoms with Gasteiger partial charge in [-0.3, -0.25) is 0 Å². The number of halogens is 3. The Morgan fingerprint density at radius 1 is 1.03 bits per heavy atom. The lowest BCUT2D eigenvalue weighted by molar-refractivity contribution is -0.137. The molecule has 35 heavy (non-hydrogen) atoms. The van der Waals surface area contributed by atoms with Gasteiger partial charge in [-0.05, 0) is 42.7 Å². The van der Waals surface area contributed by atoms with Crippen LogP contribution in [0, 0.1) is 0 Å². The summed E-state index contributed by atoms with van der Waals surface area (Å²) in [5, 5.41) is 26.5. The van der Waals surface area contributed by atoms with E-state index < -0.39 is 17.8 Å². The first kappa shape index (κ1) is 23.1. The molecule has 0 aliphatic heterocycles. The molecule has 2 aromatic heterocycles. The summed E-state index contributed by atoms with van der Waals surface area (Å²) >= 11 is 0. The van der Waals surface area contributed by atoms with Crippen molar-refractivity contribution >= 4 is 11.5 Å². The Morgan fingerprint density at radius 2 is 1.83 bits per heavy atom. The van der Waals surface area contributed by atoms with Gasteiger partial charge in [0.05, 0.1) is 29.4 Å². The molecular weight excluding hydrogens is 459 g/mol. The maximum atomic E-state index is 13.4. The highest BCUT2D eigenvalue weighted by Gasteiger charge is 2.32. The second kappa shape index (κ2) is 9.53. The Hall–Kier alpha value is -3.66. The SMILES string of the molecule is OC1CCCCC1Nc1nnc(-c2ccc(C(F)(F)F)cc2OCc2ccccc2)c2ccnn12. The van der Waals surface area contributed by atoms with Crippen molar-refractivity contribution in [2.24, 2.45) is 0 Å². The van der Waals surface area contributed by atoms with Crippen LogP contribution >= 0.6 is 0 Å². The van der Waals surface area contributed by atoms with E-state index in [-0.39, 0.29) is 18.4 Å². The summed E-state index contributed by atoms with van der Waals surface area (Å²) in [5.74, 6) is 0.405. The van der Waals surface area contributed by atoms with Gasteiger partial charge >= 0.3 is 6.18 Å². The van der Waals surface area contributed by atoms with Crippen LogP contribution in [-0.2, 0) is 12.8 Å². The van der Waals surface area contributed by atoms with E-state index in [1.165, 1.54) is 6.07 Å². The maximum Gasteiger partial charge on any atom is 0.416 e. The van der Waals surface area contributed by atoms with E-state index >= 15 is 0 Å².